The first kappa shape index (κ1) is 22.6. The van der Waals surface area contributed by atoms with Gasteiger partial charge in [-0.2, -0.15) is 11.8 Å². The first-order valence-electron chi connectivity index (χ1n) is 11.2. The largest absolute Gasteiger partial charge is 0.326 e. The number of anilines is 3. The van der Waals surface area contributed by atoms with Crippen LogP contribution < -0.4 is 20.4 Å². The van der Waals surface area contributed by atoms with Crippen LogP contribution in [0.2, 0.25) is 0 Å². The Labute approximate surface area is 202 Å². The summed E-state index contributed by atoms with van der Waals surface area (Å²) in [7, 11) is 1.71. The molecule has 8 nitrogen and oxygen atoms in total. The Morgan fingerprint density at radius 2 is 1.79 bits per heavy atom. The number of nitrogens with one attached hydrogen (secondary N) is 2. The summed E-state index contributed by atoms with van der Waals surface area (Å²) in [4.78, 5) is 55.5. The number of carbonyl (C=O) groups excluding carboxylic acids is 4. The number of para-hydroxylation sites is 1. The number of likely N-dealkylation sites (N-methyl/N-ethyl adjacent to an activating group) is 1. The maximum absolute atomic E-state index is 13.9. The normalized spacial score (nSPS) is 27.5. The van der Waals surface area contributed by atoms with E-state index in [1.54, 1.807) is 48.0 Å². The molecule has 2 aromatic carbocycles. The molecule has 0 radical (unpaired) electrons. The number of hydrogen-bond donors (Lipinski definition) is 2. The number of thioether (sulfide) groups is 1. The lowest BCUT2D eigenvalue weighted by Gasteiger charge is -2.30. The van der Waals surface area contributed by atoms with Gasteiger partial charge in [0.2, 0.25) is 17.7 Å². The molecule has 2 N–H and O–H groups in total. The standard InChI is InChI=1S/C25H26N4O4S/c1-14(30)26-15-8-10-16(11-9-15)29-22(31)20-18(12-13-34-3)27-25(21(20)23(29)32)17-6-4-5-7-19(17)28(2)24(25)33/h4-11,18,20-21,27H,12-13H2,1-3H3,(H,26,30)/t18-,20+,21-,25-/m0/s1. The molecule has 2 aromatic rings. The number of benzene rings is 2. The van der Waals surface area contributed by atoms with Crippen LogP contribution in [-0.2, 0) is 24.7 Å². The minimum atomic E-state index is -1.27. The molecule has 4 atom stereocenters. The molecule has 176 valence electrons. The van der Waals surface area contributed by atoms with Gasteiger partial charge in [0.1, 0.15) is 5.54 Å². The number of nitrogens with zero attached hydrogens (tertiary/aromatic N) is 2. The van der Waals surface area contributed by atoms with E-state index >= 15 is 0 Å². The Morgan fingerprint density at radius 1 is 1.09 bits per heavy atom. The molecule has 0 saturated carbocycles. The summed E-state index contributed by atoms with van der Waals surface area (Å²) in [5, 5.41) is 6.17. The molecule has 2 fully saturated rings. The monoisotopic (exact) mass is 478 g/mol. The van der Waals surface area contributed by atoms with E-state index in [1.165, 1.54) is 11.8 Å². The van der Waals surface area contributed by atoms with Crippen LogP contribution in [0, 0.1) is 11.8 Å². The summed E-state index contributed by atoms with van der Waals surface area (Å²) in [6, 6.07) is 13.8. The van der Waals surface area contributed by atoms with E-state index in [0.29, 0.717) is 17.8 Å². The SMILES string of the molecule is CSCC[C@@H]1N[C@]2(C(=O)N(C)c3ccccc32)[C@@H]2C(=O)N(c3ccc(NC(C)=O)cc3)C(=O)[C@H]12. The second-order valence-corrected chi connectivity index (χ2v) is 9.95. The minimum Gasteiger partial charge on any atom is -0.326 e. The third-order valence-corrected chi connectivity index (χ3v) is 7.72. The molecule has 0 unspecified atom stereocenters. The maximum Gasteiger partial charge on any atom is 0.252 e. The molecule has 34 heavy (non-hydrogen) atoms. The quantitative estimate of drug-likeness (QED) is 0.640. The lowest BCUT2D eigenvalue weighted by molar-refractivity contribution is -0.131. The van der Waals surface area contributed by atoms with Crippen LogP contribution in [0.3, 0.4) is 0 Å². The van der Waals surface area contributed by atoms with Crippen molar-refractivity contribution >= 4 is 52.5 Å². The highest BCUT2D eigenvalue weighted by atomic mass is 32.2. The molecule has 2 saturated heterocycles. The maximum atomic E-state index is 13.9. The van der Waals surface area contributed by atoms with Crippen LogP contribution in [0.15, 0.2) is 48.5 Å². The molecule has 3 aliphatic heterocycles. The topological polar surface area (TPSA) is 98.8 Å². The van der Waals surface area contributed by atoms with Crippen LogP contribution in [-0.4, -0.2) is 48.7 Å². The summed E-state index contributed by atoms with van der Waals surface area (Å²) < 4.78 is 0. The molecule has 3 aliphatic rings. The molecule has 0 bridgehead atoms. The van der Waals surface area contributed by atoms with Crippen molar-refractivity contribution in [2.24, 2.45) is 11.8 Å². The van der Waals surface area contributed by atoms with Crippen molar-refractivity contribution in [3.8, 4) is 0 Å². The fourth-order valence-corrected chi connectivity index (χ4v) is 6.19. The zero-order chi connectivity index (χ0) is 24.2. The average molecular weight is 479 g/mol. The Bertz CT molecular complexity index is 1200. The summed E-state index contributed by atoms with van der Waals surface area (Å²) in [5.74, 6) is -1.76. The van der Waals surface area contributed by atoms with Gasteiger partial charge < -0.3 is 10.2 Å². The van der Waals surface area contributed by atoms with Gasteiger partial charge in [0, 0.05) is 37.0 Å². The lowest BCUT2D eigenvalue weighted by atomic mass is 9.76. The molecule has 0 aromatic heterocycles. The first-order chi connectivity index (χ1) is 16.3. The molecular weight excluding hydrogens is 452 g/mol. The fraction of sp³-hybridized carbons (Fsp3) is 0.360. The van der Waals surface area contributed by atoms with Crippen molar-refractivity contribution in [3.63, 3.8) is 0 Å². The van der Waals surface area contributed by atoms with Crippen LogP contribution in [0.5, 0.6) is 0 Å². The van der Waals surface area contributed by atoms with Crippen molar-refractivity contribution in [3.05, 3.63) is 54.1 Å². The molecule has 9 heteroatoms. The van der Waals surface area contributed by atoms with Gasteiger partial charge in [-0.25, -0.2) is 4.90 Å². The van der Waals surface area contributed by atoms with Gasteiger partial charge in [-0.3, -0.25) is 24.5 Å². The van der Waals surface area contributed by atoms with Crippen LogP contribution in [0.25, 0.3) is 0 Å². The number of amides is 4. The predicted octanol–water partition coefficient (Wildman–Crippen LogP) is 2.35. The van der Waals surface area contributed by atoms with Crippen molar-refractivity contribution in [1.82, 2.24) is 5.32 Å². The van der Waals surface area contributed by atoms with E-state index < -0.39 is 17.4 Å². The molecule has 5 rings (SSSR count). The van der Waals surface area contributed by atoms with Crippen LogP contribution in [0.1, 0.15) is 18.9 Å². The Kier molecular flexibility index (Phi) is 5.49. The number of imide groups is 1. The average Bonchev–Trinajstić information content (AvgIpc) is 3.38. The number of carbonyl (C=O) groups is 4. The van der Waals surface area contributed by atoms with E-state index in [2.05, 4.69) is 10.6 Å². The number of fused-ring (bicyclic) bond motifs is 4. The highest BCUT2D eigenvalue weighted by molar-refractivity contribution is 7.98. The van der Waals surface area contributed by atoms with Crippen molar-refractivity contribution in [2.75, 3.05) is 34.2 Å². The van der Waals surface area contributed by atoms with Gasteiger partial charge in [0.25, 0.3) is 5.91 Å². The van der Waals surface area contributed by atoms with E-state index in [-0.39, 0.29) is 29.7 Å². The minimum absolute atomic E-state index is 0.206. The molecule has 3 heterocycles. The highest BCUT2D eigenvalue weighted by Gasteiger charge is 2.71. The van der Waals surface area contributed by atoms with Crippen molar-refractivity contribution < 1.29 is 19.2 Å². The van der Waals surface area contributed by atoms with Crippen LogP contribution in [0.4, 0.5) is 17.1 Å². The summed E-state index contributed by atoms with van der Waals surface area (Å²) in [6.07, 6.45) is 2.66. The van der Waals surface area contributed by atoms with Crippen LogP contribution >= 0.6 is 11.8 Å². The molecule has 1 spiro atoms. The van der Waals surface area contributed by atoms with Gasteiger partial charge in [-0.15, -0.1) is 0 Å². The van der Waals surface area contributed by atoms with E-state index in [9.17, 15) is 19.2 Å². The molecule has 4 amide bonds. The summed E-state index contributed by atoms with van der Waals surface area (Å²) in [6.45, 7) is 1.41. The Morgan fingerprint density at radius 3 is 2.47 bits per heavy atom. The molecular formula is C25H26N4O4S. The zero-order valence-electron chi connectivity index (χ0n) is 19.2. The number of rotatable bonds is 5. The van der Waals surface area contributed by atoms with E-state index in [4.69, 9.17) is 0 Å². The van der Waals surface area contributed by atoms with Gasteiger partial charge in [0.15, 0.2) is 0 Å². The first-order valence-corrected chi connectivity index (χ1v) is 12.6. The second kappa shape index (κ2) is 8.25. The highest BCUT2D eigenvalue weighted by Crippen LogP contribution is 2.55. The van der Waals surface area contributed by atoms with Gasteiger partial charge in [-0.05, 0) is 48.8 Å². The number of hydrogen-bond acceptors (Lipinski definition) is 6. The fourth-order valence-electron chi connectivity index (χ4n) is 5.70. The zero-order valence-corrected chi connectivity index (χ0v) is 20.0. The Hall–Kier alpha value is -3.17. The second-order valence-electron chi connectivity index (χ2n) is 8.97. The van der Waals surface area contributed by atoms with Gasteiger partial charge >= 0.3 is 0 Å². The third kappa shape index (κ3) is 3.10. The smallest absolute Gasteiger partial charge is 0.252 e. The van der Waals surface area contributed by atoms with Gasteiger partial charge in [-0.1, -0.05) is 18.2 Å². The van der Waals surface area contributed by atoms with E-state index in [1.807, 2.05) is 30.5 Å². The third-order valence-electron chi connectivity index (χ3n) is 7.08. The van der Waals surface area contributed by atoms with Crippen molar-refractivity contribution in [1.29, 1.82) is 0 Å². The van der Waals surface area contributed by atoms with Gasteiger partial charge in [0.05, 0.1) is 17.5 Å². The Balaban J connectivity index is 1.59. The van der Waals surface area contributed by atoms with E-state index in [0.717, 1.165) is 17.0 Å². The lowest BCUT2D eigenvalue weighted by Crippen LogP contribution is -2.54. The predicted molar refractivity (Wildman–Crippen MR) is 132 cm³/mol. The summed E-state index contributed by atoms with van der Waals surface area (Å²) >= 11 is 1.67. The molecule has 0 aliphatic carbocycles. The van der Waals surface area contributed by atoms with Crippen molar-refractivity contribution in [2.45, 2.75) is 24.9 Å². The summed E-state index contributed by atoms with van der Waals surface area (Å²) in [5.41, 5.74) is 1.24.